The first kappa shape index (κ1) is 23.8. The van der Waals surface area contributed by atoms with Gasteiger partial charge in [-0.2, -0.15) is 0 Å². The fourth-order valence-corrected chi connectivity index (χ4v) is 5.66. The van der Waals surface area contributed by atoms with Gasteiger partial charge in [-0.05, 0) is 71.1 Å². The van der Waals surface area contributed by atoms with Gasteiger partial charge in [0, 0.05) is 34.2 Å². The number of nitrogens with one attached hydrogen (secondary N) is 1. The van der Waals surface area contributed by atoms with Gasteiger partial charge < -0.3 is 15.0 Å². The number of benzene rings is 2. The largest absolute Gasteiger partial charge is 0.481 e. The van der Waals surface area contributed by atoms with Gasteiger partial charge >= 0.3 is 5.97 Å². The molecule has 0 saturated heterocycles. The molecule has 0 atom stereocenters. The van der Waals surface area contributed by atoms with Crippen molar-refractivity contribution in [3.8, 4) is 0 Å². The van der Waals surface area contributed by atoms with Crippen LogP contribution in [-0.2, 0) is 11.3 Å². The fourth-order valence-electron chi connectivity index (χ4n) is 4.99. The zero-order chi connectivity index (χ0) is 24.5. The molecule has 1 amide bonds. The summed E-state index contributed by atoms with van der Waals surface area (Å²) in [5.41, 5.74) is 2.09. The van der Waals surface area contributed by atoms with Gasteiger partial charge in [0.15, 0.2) is 0 Å². The SMILES string of the molecule is O=C(NCC1CCC(C(=O)O)CC1)c1c(Cl)c(Br)cc2ccn(Cc3cc4ccccc4cn3)c12. The van der Waals surface area contributed by atoms with Crippen molar-refractivity contribution in [2.75, 3.05) is 6.54 Å². The predicted octanol–water partition coefficient (Wildman–Crippen LogP) is 6.27. The number of carboxylic acid groups (broad SMARTS) is 1. The summed E-state index contributed by atoms with van der Waals surface area (Å²) >= 11 is 10.1. The summed E-state index contributed by atoms with van der Waals surface area (Å²) in [6.45, 7) is 1.01. The molecule has 0 unspecified atom stereocenters. The molecule has 6 nitrogen and oxygen atoms in total. The molecule has 4 aromatic rings. The Balaban J connectivity index is 1.40. The van der Waals surface area contributed by atoms with Crippen molar-refractivity contribution < 1.29 is 14.7 Å². The second-order valence-corrected chi connectivity index (χ2v) is 10.4. The monoisotopic (exact) mass is 553 g/mol. The zero-order valence-corrected chi connectivity index (χ0v) is 21.3. The second kappa shape index (κ2) is 9.99. The Morgan fingerprint density at radius 1 is 1.09 bits per heavy atom. The second-order valence-electron chi connectivity index (χ2n) is 9.22. The normalized spacial score (nSPS) is 18.1. The van der Waals surface area contributed by atoms with E-state index in [4.69, 9.17) is 11.6 Å². The van der Waals surface area contributed by atoms with Crippen LogP contribution in [0.15, 0.2) is 59.3 Å². The molecule has 1 fully saturated rings. The van der Waals surface area contributed by atoms with E-state index in [9.17, 15) is 14.7 Å². The smallest absolute Gasteiger partial charge is 0.306 e. The number of carbonyl (C=O) groups excluding carboxylic acids is 1. The van der Waals surface area contributed by atoms with E-state index >= 15 is 0 Å². The van der Waals surface area contributed by atoms with Crippen LogP contribution in [0.4, 0.5) is 0 Å². The van der Waals surface area contributed by atoms with Crippen LogP contribution in [0.2, 0.25) is 5.02 Å². The number of hydrogen-bond donors (Lipinski definition) is 2. The van der Waals surface area contributed by atoms with Gasteiger partial charge in [-0.1, -0.05) is 35.9 Å². The van der Waals surface area contributed by atoms with E-state index < -0.39 is 5.97 Å². The number of halogens is 2. The number of nitrogens with zero attached hydrogens (tertiary/aromatic N) is 2. The Labute approximate surface area is 216 Å². The van der Waals surface area contributed by atoms with Crippen LogP contribution in [0.25, 0.3) is 21.7 Å². The van der Waals surface area contributed by atoms with Gasteiger partial charge in [-0.25, -0.2) is 0 Å². The summed E-state index contributed by atoms with van der Waals surface area (Å²) in [6, 6.07) is 14.1. The van der Waals surface area contributed by atoms with Crippen LogP contribution in [0.5, 0.6) is 0 Å². The Bertz CT molecular complexity index is 1430. The maximum absolute atomic E-state index is 13.4. The summed E-state index contributed by atoms with van der Waals surface area (Å²) < 4.78 is 2.68. The van der Waals surface area contributed by atoms with Crippen molar-refractivity contribution in [2.24, 2.45) is 11.8 Å². The standard InChI is InChI=1S/C27H25BrClN3O3/c28-22-12-19-9-10-32(15-21-11-18-3-1-2-4-20(18)14-30-21)25(19)23(24(22)29)26(33)31-13-16-5-7-17(8-6-16)27(34)35/h1-4,9-12,14,16-17H,5-8,13,15H2,(H,31,33)(H,34,35). The lowest BCUT2D eigenvalue weighted by Gasteiger charge is -2.26. The van der Waals surface area contributed by atoms with Crippen LogP contribution in [-0.4, -0.2) is 33.1 Å². The molecule has 35 heavy (non-hydrogen) atoms. The summed E-state index contributed by atoms with van der Waals surface area (Å²) in [5.74, 6) is -0.955. The van der Waals surface area contributed by atoms with Crippen LogP contribution in [0, 0.1) is 11.8 Å². The van der Waals surface area contributed by atoms with Crippen LogP contribution >= 0.6 is 27.5 Å². The summed E-state index contributed by atoms with van der Waals surface area (Å²) in [4.78, 5) is 29.2. The van der Waals surface area contributed by atoms with E-state index in [1.54, 1.807) is 0 Å². The molecule has 2 heterocycles. The first-order valence-corrected chi connectivity index (χ1v) is 12.9. The quantitative estimate of drug-likeness (QED) is 0.294. The number of aromatic nitrogens is 2. The molecule has 5 rings (SSSR count). The molecule has 180 valence electrons. The number of aliphatic carboxylic acids is 1. The number of fused-ring (bicyclic) bond motifs is 2. The Hall–Kier alpha value is -2.90. The third-order valence-corrected chi connectivity index (χ3v) is 8.18. The first-order chi connectivity index (χ1) is 16.9. The predicted molar refractivity (Wildman–Crippen MR) is 141 cm³/mol. The van der Waals surface area contributed by atoms with Crippen molar-refractivity contribution in [2.45, 2.75) is 32.2 Å². The fraction of sp³-hybridized carbons (Fsp3) is 0.296. The third kappa shape index (κ3) is 4.93. The van der Waals surface area contributed by atoms with Crippen molar-refractivity contribution >= 4 is 61.1 Å². The van der Waals surface area contributed by atoms with E-state index in [1.165, 1.54) is 0 Å². The van der Waals surface area contributed by atoms with Crippen molar-refractivity contribution in [3.05, 3.63) is 75.6 Å². The van der Waals surface area contributed by atoms with Crippen LogP contribution < -0.4 is 5.32 Å². The Morgan fingerprint density at radius 3 is 2.57 bits per heavy atom. The van der Waals surface area contributed by atoms with Gasteiger partial charge in [0.1, 0.15) is 0 Å². The molecule has 2 N–H and O–H groups in total. The lowest BCUT2D eigenvalue weighted by molar-refractivity contribution is -0.143. The highest BCUT2D eigenvalue weighted by Crippen LogP contribution is 2.35. The minimum absolute atomic E-state index is 0.229. The van der Waals surface area contributed by atoms with Crippen LogP contribution in [0.3, 0.4) is 0 Å². The summed E-state index contributed by atoms with van der Waals surface area (Å²) in [6.07, 6.45) is 6.71. The van der Waals surface area contributed by atoms with Crippen LogP contribution in [0.1, 0.15) is 41.7 Å². The van der Waals surface area contributed by atoms with Gasteiger partial charge in [-0.3, -0.25) is 14.6 Å². The molecular formula is C27H25BrClN3O3. The molecule has 1 aliphatic carbocycles. The lowest BCUT2D eigenvalue weighted by Crippen LogP contribution is -2.33. The van der Waals surface area contributed by atoms with E-state index in [2.05, 4.69) is 38.4 Å². The highest BCUT2D eigenvalue weighted by atomic mass is 79.9. The van der Waals surface area contributed by atoms with E-state index in [0.29, 0.717) is 41.0 Å². The number of pyridine rings is 1. The molecule has 2 aromatic heterocycles. The molecule has 8 heteroatoms. The van der Waals surface area contributed by atoms with Gasteiger partial charge in [0.25, 0.3) is 5.91 Å². The van der Waals surface area contributed by atoms with Gasteiger partial charge in [0.2, 0.25) is 0 Å². The first-order valence-electron chi connectivity index (χ1n) is 11.7. The molecule has 0 spiro atoms. The molecule has 2 aromatic carbocycles. The number of amides is 1. The summed E-state index contributed by atoms with van der Waals surface area (Å²) in [7, 11) is 0. The minimum atomic E-state index is -0.725. The molecule has 0 bridgehead atoms. The Kier molecular flexibility index (Phi) is 6.80. The number of carbonyl (C=O) groups is 2. The maximum Gasteiger partial charge on any atom is 0.306 e. The average molecular weight is 555 g/mol. The van der Waals surface area contributed by atoms with Gasteiger partial charge in [-0.15, -0.1) is 0 Å². The highest BCUT2D eigenvalue weighted by Gasteiger charge is 2.27. The van der Waals surface area contributed by atoms with E-state index in [-0.39, 0.29) is 17.7 Å². The molecule has 0 aliphatic heterocycles. The lowest BCUT2D eigenvalue weighted by atomic mass is 9.82. The third-order valence-electron chi connectivity index (χ3n) is 6.94. The van der Waals surface area contributed by atoms with E-state index in [0.717, 1.165) is 40.2 Å². The minimum Gasteiger partial charge on any atom is -0.481 e. The maximum atomic E-state index is 13.4. The van der Waals surface area contributed by atoms with Gasteiger partial charge in [0.05, 0.1) is 34.3 Å². The molecular weight excluding hydrogens is 530 g/mol. The van der Waals surface area contributed by atoms with Crippen molar-refractivity contribution in [1.82, 2.24) is 14.9 Å². The zero-order valence-electron chi connectivity index (χ0n) is 19.0. The van der Waals surface area contributed by atoms with Crippen molar-refractivity contribution in [1.29, 1.82) is 0 Å². The molecule has 1 saturated carbocycles. The Morgan fingerprint density at radius 2 is 1.83 bits per heavy atom. The van der Waals surface area contributed by atoms with E-state index in [1.807, 2.05) is 47.3 Å². The number of carboxylic acids is 1. The van der Waals surface area contributed by atoms with Crippen molar-refractivity contribution in [3.63, 3.8) is 0 Å². The molecule has 1 aliphatic rings. The molecule has 0 radical (unpaired) electrons. The topological polar surface area (TPSA) is 84.2 Å². The summed E-state index contributed by atoms with van der Waals surface area (Å²) in [5, 5.41) is 15.8. The number of hydrogen-bond acceptors (Lipinski definition) is 3. The highest BCUT2D eigenvalue weighted by molar-refractivity contribution is 9.10. The average Bonchev–Trinajstić information content (AvgIpc) is 3.25. The number of rotatable bonds is 6.